The molecule has 0 unspecified atom stereocenters. The van der Waals surface area contributed by atoms with Crippen molar-refractivity contribution in [2.45, 2.75) is 20.8 Å². The number of esters is 1. The molecule has 0 aromatic heterocycles. The summed E-state index contributed by atoms with van der Waals surface area (Å²) >= 11 is 0. The average Bonchev–Trinajstić information content (AvgIpc) is 2.56. The number of rotatable bonds is 3. The summed E-state index contributed by atoms with van der Waals surface area (Å²) in [6, 6.07) is 13.6. The van der Waals surface area contributed by atoms with Gasteiger partial charge in [-0.25, -0.2) is 4.79 Å². The average molecular weight is 286 g/mol. The number of hydrogen-bond donors (Lipinski definition) is 0. The van der Waals surface area contributed by atoms with E-state index in [0.717, 1.165) is 11.1 Å². The molecule has 3 heteroatoms. The fourth-order valence-corrected chi connectivity index (χ4v) is 1.90. The highest BCUT2D eigenvalue weighted by atomic mass is 16.5. The Labute approximate surface area is 126 Å². The number of benzene rings is 2. The lowest BCUT2D eigenvalue weighted by Crippen LogP contribution is -2.04. The van der Waals surface area contributed by atoms with Gasteiger partial charge in [0.15, 0.2) is 0 Å². The molecule has 0 heterocycles. The second-order valence-electron chi connectivity index (χ2n) is 4.27. The summed E-state index contributed by atoms with van der Waals surface area (Å²) < 4.78 is 9.95. The van der Waals surface area contributed by atoms with Crippen LogP contribution in [0.3, 0.4) is 0 Å². The largest absolute Gasteiger partial charge is 0.496 e. The van der Waals surface area contributed by atoms with Crippen LogP contribution >= 0.6 is 0 Å². The molecule has 2 aromatic rings. The molecule has 0 saturated heterocycles. The number of hydrogen-bond acceptors (Lipinski definition) is 3. The van der Waals surface area contributed by atoms with E-state index in [1.165, 1.54) is 19.8 Å². The zero-order valence-corrected chi connectivity index (χ0v) is 13.3. The van der Waals surface area contributed by atoms with Crippen LogP contribution in [0.25, 0.3) is 11.1 Å². The van der Waals surface area contributed by atoms with Gasteiger partial charge in [0.2, 0.25) is 0 Å². The molecule has 2 rings (SSSR count). The van der Waals surface area contributed by atoms with Crippen LogP contribution in [0.2, 0.25) is 0 Å². The summed E-state index contributed by atoms with van der Waals surface area (Å²) in [4.78, 5) is 11.7. The van der Waals surface area contributed by atoms with Gasteiger partial charge in [0.05, 0.1) is 14.2 Å². The van der Waals surface area contributed by atoms with Gasteiger partial charge in [-0.15, -0.1) is 0 Å². The van der Waals surface area contributed by atoms with Gasteiger partial charge in [0, 0.05) is 0 Å². The Morgan fingerprint density at radius 1 is 0.905 bits per heavy atom. The summed E-state index contributed by atoms with van der Waals surface area (Å²) in [5.74, 6) is 0.119. The van der Waals surface area contributed by atoms with Crippen molar-refractivity contribution in [2.24, 2.45) is 0 Å². The summed E-state index contributed by atoms with van der Waals surface area (Å²) in [5, 5.41) is 0. The molecule has 0 aliphatic rings. The van der Waals surface area contributed by atoms with Crippen molar-refractivity contribution in [1.82, 2.24) is 0 Å². The van der Waals surface area contributed by atoms with Gasteiger partial charge >= 0.3 is 5.97 Å². The van der Waals surface area contributed by atoms with Crippen LogP contribution in [-0.2, 0) is 4.74 Å². The Kier molecular flexibility index (Phi) is 6.47. The number of aryl methyl sites for hydroxylation is 1. The van der Waals surface area contributed by atoms with E-state index in [1.807, 2.05) is 51.1 Å². The highest BCUT2D eigenvalue weighted by Crippen LogP contribution is 2.27. The first-order valence-corrected chi connectivity index (χ1v) is 6.99. The van der Waals surface area contributed by atoms with Crippen molar-refractivity contribution in [3.8, 4) is 16.9 Å². The third-order valence-corrected chi connectivity index (χ3v) is 2.99. The van der Waals surface area contributed by atoms with Gasteiger partial charge in [0.1, 0.15) is 11.3 Å². The van der Waals surface area contributed by atoms with E-state index in [1.54, 1.807) is 12.1 Å². The second-order valence-corrected chi connectivity index (χ2v) is 4.27. The van der Waals surface area contributed by atoms with E-state index in [-0.39, 0.29) is 0 Å². The Morgan fingerprint density at radius 3 is 2.00 bits per heavy atom. The third kappa shape index (κ3) is 4.09. The van der Waals surface area contributed by atoms with Gasteiger partial charge in [-0.05, 0) is 30.2 Å². The lowest BCUT2D eigenvalue weighted by atomic mass is 10.0. The predicted molar refractivity (Wildman–Crippen MR) is 85.9 cm³/mol. The van der Waals surface area contributed by atoms with Gasteiger partial charge < -0.3 is 9.47 Å². The van der Waals surface area contributed by atoms with E-state index >= 15 is 0 Å². The fourth-order valence-electron chi connectivity index (χ4n) is 1.90. The van der Waals surface area contributed by atoms with Gasteiger partial charge in [-0.3, -0.25) is 0 Å². The maximum Gasteiger partial charge on any atom is 0.341 e. The van der Waals surface area contributed by atoms with Crippen molar-refractivity contribution in [3.63, 3.8) is 0 Å². The molecule has 0 amide bonds. The molecule has 0 atom stereocenters. The molecule has 0 saturated carbocycles. The number of carbonyl (C=O) groups is 1. The number of methoxy groups -OCH3 is 2. The van der Waals surface area contributed by atoms with Gasteiger partial charge in [-0.1, -0.05) is 49.7 Å². The maximum atomic E-state index is 11.7. The predicted octanol–water partition coefficient (Wildman–Crippen LogP) is 4.48. The first-order valence-electron chi connectivity index (χ1n) is 6.99. The highest BCUT2D eigenvalue weighted by Gasteiger charge is 2.13. The van der Waals surface area contributed by atoms with E-state index < -0.39 is 5.97 Å². The van der Waals surface area contributed by atoms with Crippen LogP contribution < -0.4 is 4.74 Å². The molecule has 0 radical (unpaired) electrons. The molecule has 0 spiro atoms. The van der Waals surface area contributed by atoms with Crippen molar-refractivity contribution in [2.75, 3.05) is 14.2 Å². The molecular weight excluding hydrogens is 264 g/mol. The SMILES string of the molecule is CC.COC(=O)c1cc(-c2ccc(C)cc2)ccc1OC. The standard InChI is InChI=1S/C16H16O3.C2H6/c1-11-4-6-12(7-5-11)13-8-9-15(18-2)14(10-13)16(17)19-3;1-2/h4-10H,1-3H3;1-2H3. The molecule has 0 bridgehead atoms. The van der Waals surface area contributed by atoms with Crippen LogP contribution in [0.5, 0.6) is 5.75 Å². The Balaban J connectivity index is 0.00000106. The monoisotopic (exact) mass is 286 g/mol. The zero-order valence-electron chi connectivity index (χ0n) is 13.3. The van der Waals surface area contributed by atoms with Crippen LogP contribution in [0, 0.1) is 6.92 Å². The Hall–Kier alpha value is -2.29. The molecule has 112 valence electrons. The van der Waals surface area contributed by atoms with Crippen molar-refractivity contribution < 1.29 is 14.3 Å². The molecule has 0 aliphatic carbocycles. The summed E-state index contributed by atoms with van der Waals surface area (Å²) in [6.07, 6.45) is 0. The maximum absolute atomic E-state index is 11.7. The smallest absolute Gasteiger partial charge is 0.341 e. The van der Waals surface area contributed by atoms with Gasteiger partial charge in [0.25, 0.3) is 0 Å². The lowest BCUT2D eigenvalue weighted by molar-refractivity contribution is 0.0597. The zero-order chi connectivity index (χ0) is 15.8. The Morgan fingerprint density at radius 2 is 1.48 bits per heavy atom. The van der Waals surface area contributed by atoms with E-state index in [4.69, 9.17) is 9.47 Å². The molecular formula is C18H22O3. The molecule has 2 aromatic carbocycles. The van der Waals surface area contributed by atoms with Crippen molar-refractivity contribution >= 4 is 5.97 Å². The molecule has 0 N–H and O–H groups in total. The molecule has 0 fully saturated rings. The lowest BCUT2D eigenvalue weighted by Gasteiger charge is -2.09. The second kappa shape index (κ2) is 8.10. The molecule has 21 heavy (non-hydrogen) atoms. The topological polar surface area (TPSA) is 35.5 Å². The van der Waals surface area contributed by atoms with E-state index in [2.05, 4.69) is 0 Å². The first kappa shape index (κ1) is 16.8. The number of ether oxygens (including phenoxy) is 2. The molecule has 3 nitrogen and oxygen atoms in total. The summed E-state index contributed by atoms with van der Waals surface area (Å²) in [6.45, 7) is 6.04. The van der Waals surface area contributed by atoms with E-state index in [0.29, 0.717) is 11.3 Å². The van der Waals surface area contributed by atoms with Crippen LogP contribution in [0.15, 0.2) is 42.5 Å². The van der Waals surface area contributed by atoms with Crippen molar-refractivity contribution in [3.05, 3.63) is 53.6 Å². The Bertz CT molecular complexity index is 586. The van der Waals surface area contributed by atoms with Crippen LogP contribution in [-0.4, -0.2) is 20.2 Å². The fraction of sp³-hybridized carbons (Fsp3) is 0.278. The van der Waals surface area contributed by atoms with E-state index in [9.17, 15) is 4.79 Å². The van der Waals surface area contributed by atoms with Crippen LogP contribution in [0.4, 0.5) is 0 Å². The summed E-state index contributed by atoms with van der Waals surface area (Å²) in [5.41, 5.74) is 3.65. The van der Waals surface area contributed by atoms with Gasteiger partial charge in [-0.2, -0.15) is 0 Å². The highest BCUT2D eigenvalue weighted by molar-refractivity contribution is 5.94. The minimum absolute atomic E-state index is 0.397. The van der Waals surface area contributed by atoms with Crippen molar-refractivity contribution in [1.29, 1.82) is 0 Å². The summed E-state index contributed by atoms with van der Waals surface area (Å²) in [7, 11) is 2.90. The third-order valence-electron chi connectivity index (χ3n) is 2.99. The van der Waals surface area contributed by atoms with Crippen LogP contribution in [0.1, 0.15) is 29.8 Å². The minimum Gasteiger partial charge on any atom is -0.496 e. The minimum atomic E-state index is -0.397. The quantitative estimate of drug-likeness (QED) is 0.780. The first-order chi connectivity index (χ1) is 10.2. The normalized spacial score (nSPS) is 9.38. The molecule has 0 aliphatic heterocycles. The number of carbonyl (C=O) groups excluding carboxylic acids is 1.